The lowest BCUT2D eigenvalue weighted by molar-refractivity contribution is -0.145. The van der Waals surface area contributed by atoms with Crippen LogP contribution in [0.4, 0.5) is 0 Å². The number of halogens is 1. The number of carbonyl (C=O) groups is 1. The van der Waals surface area contributed by atoms with E-state index in [1.54, 1.807) is 0 Å². The standard InChI is InChI=1S/C8H13BrO2/c1-2-8(10)11-5-6-3-4-7(6)9/h6-7H,2-5H2,1H3. The normalized spacial score (nSPS) is 29.3. The number of rotatable bonds is 3. The van der Waals surface area contributed by atoms with Gasteiger partial charge in [0.15, 0.2) is 0 Å². The fourth-order valence-corrected chi connectivity index (χ4v) is 1.70. The molecule has 0 N–H and O–H groups in total. The van der Waals surface area contributed by atoms with Crippen molar-refractivity contribution in [1.82, 2.24) is 0 Å². The Balaban J connectivity index is 2.07. The molecule has 0 radical (unpaired) electrons. The van der Waals surface area contributed by atoms with Gasteiger partial charge < -0.3 is 4.74 Å². The Labute approximate surface area is 75.4 Å². The van der Waals surface area contributed by atoms with E-state index in [0.717, 1.165) is 0 Å². The second-order valence-electron chi connectivity index (χ2n) is 2.89. The molecule has 0 saturated heterocycles. The molecule has 2 atom stereocenters. The summed E-state index contributed by atoms with van der Waals surface area (Å²) in [5, 5.41) is 0. The largest absolute Gasteiger partial charge is 0.465 e. The molecule has 2 nitrogen and oxygen atoms in total. The molecule has 0 aromatic carbocycles. The highest BCUT2D eigenvalue weighted by molar-refractivity contribution is 9.09. The predicted octanol–water partition coefficient (Wildman–Crippen LogP) is 2.11. The third-order valence-electron chi connectivity index (χ3n) is 2.07. The first kappa shape index (κ1) is 9.04. The summed E-state index contributed by atoms with van der Waals surface area (Å²) in [6, 6.07) is 0. The van der Waals surface area contributed by atoms with Crippen molar-refractivity contribution in [3.05, 3.63) is 0 Å². The van der Waals surface area contributed by atoms with Crippen LogP contribution in [0, 0.1) is 5.92 Å². The van der Waals surface area contributed by atoms with Crippen LogP contribution in [0.15, 0.2) is 0 Å². The van der Waals surface area contributed by atoms with Crippen molar-refractivity contribution in [2.45, 2.75) is 31.0 Å². The van der Waals surface area contributed by atoms with Crippen molar-refractivity contribution >= 4 is 21.9 Å². The molecule has 1 fully saturated rings. The summed E-state index contributed by atoms with van der Waals surface area (Å²) in [6.07, 6.45) is 2.89. The van der Waals surface area contributed by atoms with Gasteiger partial charge in [0.2, 0.25) is 0 Å². The highest BCUT2D eigenvalue weighted by atomic mass is 79.9. The summed E-state index contributed by atoms with van der Waals surface area (Å²) >= 11 is 3.51. The van der Waals surface area contributed by atoms with E-state index >= 15 is 0 Å². The van der Waals surface area contributed by atoms with Gasteiger partial charge in [-0.25, -0.2) is 0 Å². The lowest BCUT2D eigenvalue weighted by Gasteiger charge is -2.31. The van der Waals surface area contributed by atoms with Gasteiger partial charge in [-0.1, -0.05) is 22.9 Å². The third-order valence-corrected chi connectivity index (χ3v) is 3.28. The zero-order chi connectivity index (χ0) is 8.27. The van der Waals surface area contributed by atoms with Crippen molar-refractivity contribution in [2.24, 2.45) is 5.92 Å². The summed E-state index contributed by atoms with van der Waals surface area (Å²) in [6.45, 7) is 2.41. The van der Waals surface area contributed by atoms with Crippen molar-refractivity contribution in [3.8, 4) is 0 Å². The van der Waals surface area contributed by atoms with Gasteiger partial charge in [-0.15, -0.1) is 0 Å². The minimum Gasteiger partial charge on any atom is -0.465 e. The van der Waals surface area contributed by atoms with Gasteiger partial charge in [-0.3, -0.25) is 4.79 Å². The number of esters is 1. The molecule has 3 heteroatoms. The quantitative estimate of drug-likeness (QED) is 0.539. The van der Waals surface area contributed by atoms with Crippen LogP contribution in [0.25, 0.3) is 0 Å². The molecule has 1 saturated carbocycles. The summed E-state index contributed by atoms with van der Waals surface area (Å²) in [5.41, 5.74) is 0. The molecule has 1 rings (SSSR count). The van der Waals surface area contributed by atoms with Gasteiger partial charge in [-0.2, -0.15) is 0 Å². The van der Waals surface area contributed by atoms with Gasteiger partial charge in [0, 0.05) is 17.2 Å². The Hall–Kier alpha value is -0.0500. The van der Waals surface area contributed by atoms with E-state index in [0.29, 0.717) is 23.8 Å². The molecule has 0 amide bonds. The molecule has 11 heavy (non-hydrogen) atoms. The fourth-order valence-electron chi connectivity index (χ4n) is 1.02. The Bertz CT molecular complexity index is 147. The first-order valence-corrected chi connectivity index (χ1v) is 4.95. The maximum atomic E-state index is 10.7. The monoisotopic (exact) mass is 220 g/mol. The van der Waals surface area contributed by atoms with Crippen LogP contribution < -0.4 is 0 Å². The van der Waals surface area contributed by atoms with Gasteiger partial charge in [-0.05, 0) is 12.8 Å². The minimum absolute atomic E-state index is 0.0865. The van der Waals surface area contributed by atoms with E-state index in [2.05, 4.69) is 15.9 Å². The second kappa shape index (κ2) is 4.10. The number of alkyl halides is 1. The lowest BCUT2D eigenvalue weighted by Crippen LogP contribution is -2.30. The molecule has 1 aliphatic carbocycles. The van der Waals surface area contributed by atoms with E-state index in [9.17, 15) is 4.79 Å². The summed E-state index contributed by atoms with van der Waals surface area (Å²) in [7, 11) is 0. The molecule has 1 aliphatic rings. The smallest absolute Gasteiger partial charge is 0.305 e. The van der Waals surface area contributed by atoms with E-state index in [-0.39, 0.29) is 5.97 Å². The zero-order valence-corrected chi connectivity index (χ0v) is 8.26. The zero-order valence-electron chi connectivity index (χ0n) is 6.68. The molecule has 0 aromatic heterocycles. The number of hydrogen-bond acceptors (Lipinski definition) is 2. The van der Waals surface area contributed by atoms with E-state index in [1.165, 1.54) is 12.8 Å². The van der Waals surface area contributed by atoms with Gasteiger partial charge in [0.25, 0.3) is 0 Å². The highest BCUT2D eigenvalue weighted by Gasteiger charge is 2.29. The van der Waals surface area contributed by atoms with Gasteiger partial charge in [0.05, 0.1) is 6.61 Å². The van der Waals surface area contributed by atoms with Crippen LogP contribution in [-0.4, -0.2) is 17.4 Å². The van der Waals surface area contributed by atoms with Crippen molar-refractivity contribution < 1.29 is 9.53 Å². The Morgan fingerprint density at radius 1 is 1.64 bits per heavy atom. The Morgan fingerprint density at radius 2 is 2.36 bits per heavy atom. The fraction of sp³-hybridized carbons (Fsp3) is 0.875. The van der Waals surface area contributed by atoms with Gasteiger partial charge >= 0.3 is 5.97 Å². The minimum atomic E-state index is -0.0865. The predicted molar refractivity (Wildman–Crippen MR) is 46.7 cm³/mol. The summed E-state index contributed by atoms with van der Waals surface area (Å²) in [4.78, 5) is 11.3. The first-order valence-electron chi connectivity index (χ1n) is 4.03. The van der Waals surface area contributed by atoms with Crippen LogP contribution in [0.3, 0.4) is 0 Å². The molecule has 0 aromatic rings. The van der Waals surface area contributed by atoms with Crippen molar-refractivity contribution in [3.63, 3.8) is 0 Å². The van der Waals surface area contributed by atoms with Crippen LogP contribution in [0.1, 0.15) is 26.2 Å². The third kappa shape index (κ3) is 2.47. The van der Waals surface area contributed by atoms with Crippen molar-refractivity contribution in [2.75, 3.05) is 6.61 Å². The molecular formula is C8H13BrO2. The average molecular weight is 221 g/mol. The Kier molecular flexibility index (Phi) is 3.37. The molecular weight excluding hydrogens is 208 g/mol. The second-order valence-corrected chi connectivity index (χ2v) is 4.07. The maximum Gasteiger partial charge on any atom is 0.305 e. The SMILES string of the molecule is CCC(=O)OCC1CCC1Br. The summed E-state index contributed by atoms with van der Waals surface area (Å²) < 4.78 is 5.00. The van der Waals surface area contributed by atoms with Crippen LogP contribution in [-0.2, 0) is 9.53 Å². The molecule has 64 valence electrons. The van der Waals surface area contributed by atoms with E-state index in [4.69, 9.17) is 4.74 Å². The van der Waals surface area contributed by atoms with Crippen molar-refractivity contribution in [1.29, 1.82) is 0 Å². The van der Waals surface area contributed by atoms with Crippen LogP contribution in [0.5, 0.6) is 0 Å². The first-order chi connectivity index (χ1) is 5.24. The van der Waals surface area contributed by atoms with E-state index in [1.807, 2.05) is 6.92 Å². The van der Waals surface area contributed by atoms with Crippen LogP contribution >= 0.6 is 15.9 Å². The maximum absolute atomic E-state index is 10.7. The van der Waals surface area contributed by atoms with E-state index < -0.39 is 0 Å². The average Bonchev–Trinajstić information content (AvgIpc) is 2.01. The molecule has 0 heterocycles. The van der Waals surface area contributed by atoms with Crippen LogP contribution in [0.2, 0.25) is 0 Å². The topological polar surface area (TPSA) is 26.3 Å². The lowest BCUT2D eigenvalue weighted by atomic mass is 9.86. The Morgan fingerprint density at radius 3 is 2.73 bits per heavy atom. The molecule has 0 bridgehead atoms. The van der Waals surface area contributed by atoms with Gasteiger partial charge in [0.1, 0.15) is 0 Å². The molecule has 2 unspecified atom stereocenters. The molecule has 0 aliphatic heterocycles. The highest BCUT2D eigenvalue weighted by Crippen LogP contribution is 2.33. The summed E-state index contributed by atoms with van der Waals surface area (Å²) in [5.74, 6) is 0.474. The molecule has 0 spiro atoms. The number of ether oxygens (including phenoxy) is 1. The number of carbonyl (C=O) groups excluding carboxylic acids is 1. The number of hydrogen-bond donors (Lipinski definition) is 0.